The summed E-state index contributed by atoms with van der Waals surface area (Å²) in [7, 11) is 2.09. The molecule has 0 atom stereocenters. The molecule has 6 heteroatoms. The van der Waals surface area contributed by atoms with Gasteiger partial charge in [-0.15, -0.1) is 0 Å². The van der Waals surface area contributed by atoms with E-state index in [1.54, 1.807) is 6.07 Å². The summed E-state index contributed by atoms with van der Waals surface area (Å²) in [6.07, 6.45) is 1.90. The van der Waals surface area contributed by atoms with Crippen molar-refractivity contribution in [2.75, 3.05) is 12.8 Å². The molecule has 0 fully saturated rings. The Morgan fingerprint density at radius 2 is 1.79 bits per heavy atom. The summed E-state index contributed by atoms with van der Waals surface area (Å²) in [6.45, 7) is 1.51. The van der Waals surface area contributed by atoms with Crippen LogP contribution in [0.2, 0.25) is 10.0 Å². The van der Waals surface area contributed by atoms with E-state index in [0.717, 1.165) is 29.1 Å². The molecule has 142 valence electrons. The van der Waals surface area contributed by atoms with Crippen LogP contribution in [0.1, 0.15) is 11.3 Å². The molecule has 0 amide bonds. The molecule has 0 saturated carbocycles. The van der Waals surface area contributed by atoms with Crippen LogP contribution in [0.25, 0.3) is 16.9 Å². The van der Waals surface area contributed by atoms with Gasteiger partial charge in [-0.2, -0.15) is 0 Å². The van der Waals surface area contributed by atoms with Crippen molar-refractivity contribution in [3.63, 3.8) is 0 Å². The largest absolute Gasteiger partial charge is 0.398 e. The fraction of sp³-hybridized carbons (Fsp3) is 0.136. The normalized spacial score (nSPS) is 11.4. The highest BCUT2D eigenvalue weighted by Crippen LogP contribution is 2.33. The molecule has 0 saturated heterocycles. The van der Waals surface area contributed by atoms with E-state index in [-0.39, 0.29) is 0 Å². The zero-order valence-corrected chi connectivity index (χ0v) is 17.0. The van der Waals surface area contributed by atoms with Gasteiger partial charge in [0.25, 0.3) is 0 Å². The Morgan fingerprint density at radius 3 is 2.54 bits per heavy atom. The van der Waals surface area contributed by atoms with Gasteiger partial charge in [-0.3, -0.25) is 4.90 Å². The maximum absolute atomic E-state index is 6.49. The summed E-state index contributed by atoms with van der Waals surface area (Å²) in [6, 6.07) is 19.6. The van der Waals surface area contributed by atoms with Gasteiger partial charge in [0.2, 0.25) is 0 Å². The SMILES string of the molecule is CN(Cc1ccccc1)Cc1c(-c2ccc(Cl)cc2Cl)nc2ccc(N)cn12. The third kappa shape index (κ3) is 3.85. The molecule has 0 aliphatic rings. The first-order chi connectivity index (χ1) is 13.5. The van der Waals surface area contributed by atoms with E-state index in [1.165, 1.54) is 5.56 Å². The Balaban J connectivity index is 1.77. The number of pyridine rings is 1. The predicted molar refractivity (Wildman–Crippen MR) is 117 cm³/mol. The summed E-state index contributed by atoms with van der Waals surface area (Å²) in [5.74, 6) is 0. The first kappa shape index (κ1) is 18.8. The van der Waals surface area contributed by atoms with E-state index in [1.807, 2.05) is 40.9 Å². The molecule has 2 aromatic heterocycles. The minimum atomic E-state index is 0.579. The number of benzene rings is 2. The minimum absolute atomic E-state index is 0.579. The zero-order valence-electron chi connectivity index (χ0n) is 15.4. The summed E-state index contributed by atoms with van der Waals surface area (Å²) in [4.78, 5) is 7.07. The van der Waals surface area contributed by atoms with Crippen LogP contribution in [-0.4, -0.2) is 21.3 Å². The van der Waals surface area contributed by atoms with Gasteiger partial charge in [0.05, 0.1) is 16.4 Å². The van der Waals surface area contributed by atoms with Crippen molar-refractivity contribution in [2.45, 2.75) is 13.1 Å². The number of aromatic nitrogens is 2. The van der Waals surface area contributed by atoms with E-state index >= 15 is 0 Å². The molecule has 0 unspecified atom stereocenters. The molecule has 4 rings (SSSR count). The molecular weight excluding hydrogens is 391 g/mol. The van der Waals surface area contributed by atoms with Gasteiger partial charge >= 0.3 is 0 Å². The van der Waals surface area contributed by atoms with Crippen LogP contribution in [0, 0.1) is 0 Å². The molecule has 2 N–H and O–H groups in total. The van der Waals surface area contributed by atoms with E-state index in [2.05, 4.69) is 36.2 Å². The molecule has 4 nitrogen and oxygen atoms in total. The zero-order chi connectivity index (χ0) is 19.7. The number of nitrogens with two attached hydrogens (primary N) is 1. The molecule has 0 bridgehead atoms. The molecule has 2 aromatic carbocycles. The van der Waals surface area contributed by atoms with Crippen LogP contribution >= 0.6 is 23.2 Å². The molecule has 0 spiro atoms. The number of hydrogen-bond donors (Lipinski definition) is 1. The van der Waals surface area contributed by atoms with E-state index < -0.39 is 0 Å². The Hall–Kier alpha value is -2.53. The maximum atomic E-state index is 6.49. The fourth-order valence-corrected chi connectivity index (χ4v) is 3.86. The average molecular weight is 411 g/mol. The van der Waals surface area contributed by atoms with Crippen LogP contribution < -0.4 is 5.73 Å². The molecule has 28 heavy (non-hydrogen) atoms. The molecule has 0 aliphatic heterocycles. The van der Waals surface area contributed by atoms with Crippen LogP contribution in [0.3, 0.4) is 0 Å². The van der Waals surface area contributed by atoms with Crippen molar-refractivity contribution in [3.8, 4) is 11.3 Å². The van der Waals surface area contributed by atoms with Gasteiger partial charge in [-0.1, -0.05) is 53.5 Å². The van der Waals surface area contributed by atoms with E-state index in [0.29, 0.717) is 22.3 Å². The second kappa shape index (κ2) is 7.84. The summed E-state index contributed by atoms with van der Waals surface area (Å²) in [5, 5.41) is 1.18. The number of hydrogen-bond acceptors (Lipinski definition) is 3. The topological polar surface area (TPSA) is 46.6 Å². The van der Waals surface area contributed by atoms with Crippen molar-refractivity contribution in [1.82, 2.24) is 14.3 Å². The van der Waals surface area contributed by atoms with E-state index in [4.69, 9.17) is 33.9 Å². The number of fused-ring (bicyclic) bond motifs is 1. The van der Waals surface area contributed by atoms with Gasteiger partial charge in [-0.05, 0) is 42.9 Å². The van der Waals surface area contributed by atoms with Gasteiger partial charge in [0, 0.05) is 35.6 Å². The van der Waals surface area contributed by atoms with Crippen molar-refractivity contribution < 1.29 is 0 Å². The first-order valence-corrected chi connectivity index (χ1v) is 9.71. The molecular formula is C22H20Cl2N4. The summed E-state index contributed by atoms with van der Waals surface area (Å²) in [5.41, 5.74) is 11.5. The highest BCUT2D eigenvalue weighted by atomic mass is 35.5. The Kier molecular flexibility index (Phi) is 5.27. The van der Waals surface area contributed by atoms with Crippen molar-refractivity contribution >= 4 is 34.5 Å². The lowest BCUT2D eigenvalue weighted by atomic mass is 10.1. The molecule has 0 radical (unpaired) electrons. The van der Waals surface area contributed by atoms with Crippen LogP contribution in [0.5, 0.6) is 0 Å². The third-order valence-electron chi connectivity index (χ3n) is 4.64. The van der Waals surface area contributed by atoms with Crippen molar-refractivity contribution in [3.05, 3.63) is 88.2 Å². The smallest absolute Gasteiger partial charge is 0.137 e. The Bertz CT molecular complexity index is 1120. The van der Waals surface area contributed by atoms with Gasteiger partial charge < -0.3 is 10.1 Å². The lowest BCUT2D eigenvalue weighted by Crippen LogP contribution is -2.18. The number of rotatable bonds is 5. The third-order valence-corrected chi connectivity index (χ3v) is 5.19. The molecule has 4 aromatic rings. The Morgan fingerprint density at radius 1 is 1.00 bits per heavy atom. The highest BCUT2D eigenvalue weighted by molar-refractivity contribution is 6.36. The van der Waals surface area contributed by atoms with Gasteiger partial charge in [-0.25, -0.2) is 4.98 Å². The number of anilines is 1. The van der Waals surface area contributed by atoms with Crippen LogP contribution in [-0.2, 0) is 13.1 Å². The molecule has 2 heterocycles. The van der Waals surface area contributed by atoms with Crippen LogP contribution in [0.4, 0.5) is 5.69 Å². The van der Waals surface area contributed by atoms with Crippen LogP contribution in [0.15, 0.2) is 66.9 Å². The number of imidazole rings is 1. The first-order valence-electron chi connectivity index (χ1n) is 8.95. The number of halogens is 2. The molecule has 0 aliphatic carbocycles. The van der Waals surface area contributed by atoms with E-state index in [9.17, 15) is 0 Å². The highest BCUT2D eigenvalue weighted by Gasteiger charge is 2.18. The summed E-state index contributed by atoms with van der Waals surface area (Å²) >= 11 is 12.6. The lowest BCUT2D eigenvalue weighted by molar-refractivity contribution is 0.314. The fourth-order valence-electron chi connectivity index (χ4n) is 3.36. The number of nitrogen functional groups attached to an aromatic ring is 1. The average Bonchev–Trinajstić information content (AvgIpc) is 3.00. The lowest BCUT2D eigenvalue weighted by Gasteiger charge is -2.18. The van der Waals surface area contributed by atoms with Crippen molar-refractivity contribution in [1.29, 1.82) is 0 Å². The standard InChI is InChI=1S/C22H20Cl2N4/c1-27(12-15-5-3-2-4-6-15)14-20-22(18-9-7-16(23)11-19(18)24)26-21-10-8-17(25)13-28(20)21/h2-11,13H,12,14,25H2,1H3. The predicted octanol–water partition coefficient (Wildman–Crippen LogP) is 5.52. The quantitative estimate of drug-likeness (QED) is 0.470. The maximum Gasteiger partial charge on any atom is 0.137 e. The minimum Gasteiger partial charge on any atom is -0.398 e. The van der Waals surface area contributed by atoms with Gasteiger partial charge in [0.1, 0.15) is 5.65 Å². The second-order valence-electron chi connectivity index (χ2n) is 6.88. The monoisotopic (exact) mass is 410 g/mol. The second-order valence-corrected chi connectivity index (χ2v) is 7.72. The summed E-state index contributed by atoms with van der Waals surface area (Å²) < 4.78 is 2.04. The van der Waals surface area contributed by atoms with Gasteiger partial charge in [0.15, 0.2) is 0 Å². The Labute approximate surface area is 174 Å². The van der Waals surface area contributed by atoms with Crippen molar-refractivity contribution in [2.24, 2.45) is 0 Å². The number of nitrogens with zero attached hydrogens (tertiary/aromatic N) is 3.